The van der Waals surface area contributed by atoms with Crippen LogP contribution in [-0.2, 0) is 19.6 Å². The van der Waals surface area contributed by atoms with Crippen molar-refractivity contribution < 1.29 is 4.74 Å². The third-order valence-corrected chi connectivity index (χ3v) is 7.47. The van der Waals surface area contributed by atoms with Crippen molar-refractivity contribution >= 4 is 28.2 Å². The highest BCUT2D eigenvalue weighted by Gasteiger charge is 2.13. The lowest BCUT2D eigenvalue weighted by atomic mass is 10.1. The van der Waals surface area contributed by atoms with Crippen molar-refractivity contribution in [3.05, 3.63) is 101 Å². The Hall–Kier alpha value is -2.76. The lowest BCUT2D eigenvalue weighted by Gasteiger charge is -2.22. The Kier molecular flexibility index (Phi) is 9.67. The van der Waals surface area contributed by atoms with Crippen LogP contribution < -0.4 is 9.64 Å². The molecule has 0 N–H and O–H groups in total. The van der Waals surface area contributed by atoms with E-state index in [1.54, 1.807) is 11.3 Å². The maximum atomic E-state index is 6.00. The van der Waals surface area contributed by atoms with Crippen LogP contribution in [0.25, 0.3) is 11.3 Å². The minimum Gasteiger partial charge on any atom is -0.489 e. The van der Waals surface area contributed by atoms with Crippen molar-refractivity contribution in [3.63, 3.8) is 0 Å². The summed E-state index contributed by atoms with van der Waals surface area (Å²) in [6.45, 7) is 4.64. The molecule has 4 rings (SSSR count). The van der Waals surface area contributed by atoms with Crippen molar-refractivity contribution in [3.8, 4) is 17.0 Å². The van der Waals surface area contributed by atoms with Gasteiger partial charge < -0.3 is 9.64 Å². The molecule has 3 nitrogen and oxygen atoms in total. The highest BCUT2D eigenvalue weighted by Crippen LogP contribution is 2.29. The third-order valence-electron chi connectivity index (χ3n) is 5.87. The summed E-state index contributed by atoms with van der Waals surface area (Å²) in [6.07, 6.45) is 5.59. The van der Waals surface area contributed by atoms with Crippen LogP contribution in [0.3, 0.4) is 0 Å². The summed E-state index contributed by atoms with van der Waals surface area (Å²) in [7, 11) is 0. The lowest BCUT2D eigenvalue weighted by molar-refractivity contribution is 0.306. The molecule has 0 bridgehead atoms. The number of thioether (sulfide) groups is 1. The Morgan fingerprint density at radius 3 is 2.31 bits per heavy atom. The van der Waals surface area contributed by atoms with Crippen molar-refractivity contribution in [2.45, 2.75) is 39.3 Å². The van der Waals surface area contributed by atoms with Crippen LogP contribution in [0.15, 0.2) is 84.2 Å². The quantitative estimate of drug-likeness (QED) is 0.172. The van der Waals surface area contributed by atoms with E-state index in [1.165, 1.54) is 22.3 Å². The van der Waals surface area contributed by atoms with Gasteiger partial charge in [-0.1, -0.05) is 80.1 Å². The maximum Gasteiger partial charge on any atom is 0.186 e. The van der Waals surface area contributed by atoms with Gasteiger partial charge in [0.25, 0.3) is 0 Å². The van der Waals surface area contributed by atoms with Crippen molar-refractivity contribution in [1.29, 1.82) is 0 Å². The van der Waals surface area contributed by atoms with Crippen molar-refractivity contribution in [2.75, 3.05) is 23.5 Å². The van der Waals surface area contributed by atoms with Gasteiger partial charge in [-0.15, -0.1) is 11.3 Å². The summed E-state index contributed by atoms with van der Waals surface area (Å²) in [5.41, 5.74) is 6.06. The number of anilines is 1. The Morgan fingerprint density at radius 1 is 0.886 bits per heavy atom. The molecule has 1 aromatic heterocycles. The number of hydrogen-bond acceptors (Lipinski definition) is 5. The van der Waals surface area contributed by atoms with Gasteiger partial charge in [-0.3, -0.25) is 0 Å². The fourth-order valence-corrected chi connectivity index (χ4v) is 5.24. The summed E-state index contributed by atoms with van der Waals surface area (Å²) >= 11 is 3.63. The summed E-state index contributed by atoms with van der Waals surface area (Å²) in [6, 6.07) is 27.7. The Balaban J connectivity index is 1.38. The number of aryl methyl sites for hydroxylation is 1. The SMILES string of the molecule is CCCc1ccc(OCc2ccc(CN(CCCSC)c3nc(-c4ccccc4)cs3)cc2)cc1. The number of nitrogens with zero attached hydrogens (tertiary/aromatic N) is 2. The third kappa shape index (κ3) is 7.61. The van der Waals surface area contributed by atoms with E-state index in [0.29, 0.717) is 6.61 Å². The molecule has 0 fully saturated rings. The zero-order valence-corrected chi connectivity index (χ0v) is 22.3. The average molecular weight is 503 g/mol. The van der Waals surface area contributed by atoms with Crippen molar-refractivity contribution in [2.24, 2.45) is 0 Å². The first kappa shape index (κ1) is 25.3. The van der Waals surface area contributed by atoms with Gasteiger partial charge in [-0.25, -0.2) is 4.98 Å². The van der Waals surface area contributed by atoms with E-state index >= 15 is 0 Å². The average Bonchev–Trinajstić information content (AvgIpc) is 3.40. The van der Waals surface area contributed by atoms with Gasteiger partial charge in [0.05, 0.1) is 5.69 Å². The summed E-state index contributed by atoms with van der Waals surface area (Å²) < 4.78 is 6.00. The van der Waals surface area contributed by atoms with Gasteiger partial charge in [0, 0.05) is 24.0 Å². The Bertz CT molecular complexity index is 1140. The van der Waals surface area contributed by atoms with Crippen LogP contribution in [0, 0.1) is 0 Å². The minimum absolute atomic E-state index is 0.581. The van der Waals surface area contributed by atoms with E-state index in [2.05, 4.69) is 96.3 Å². The molecule has 0 aliphatic heterocycles. The Labute approximate surface area is 218 Å². The lowest BCUT2D eigenvalue weighted by Crippen LogP contribution is -2.24. The molecule has 0 spiro atoms. The predicted octanol–water partition coefficient (Wildman–Crippen LogP) is 8.10. The summed E-state index contributed by atoms with van der Waals surface area (Å²) in [5, 5.41) is 3.26. The van der Waals surface area contributed by atoms with Crippen LogP contribution in [0.2, 0.25) is 0 Å². The molecule has 5 heteroatoms. The molecule has 1 heterocycles. The van der Waals surface area contributed by atoms with Crippen LogP contribution in [0.4, 0.5) is 5.13 Å². The van der Waals surface area contributed by atoms with Gasteiger partial charge in [0.15, 0.2) is 5.13 Å². The standard InChI is InChI=1S/C30H34N2OS2/c1-3-8-24-15-17-28(18-16-24)33-22-26-13-11-25(12-14-26)21-32(19-7-20-34-2)30-31-29(23-35-30)27-9-5-4-6-10-27/h4-6,9-18,23H,3,7-8,19-22H2,1-2H3. The number of hydrogen-bond donors (Lipinski definition) is 0. The van der Waals surface area contributed by atoms with Crippen molar-refractivity contribution in [1.82, 2.24) is 4.98 Å². The molecule has 0 saturated heterocycles. The van der Waals surface area contributed by atoms with Crippen LogP contribution >= 0.6 is 23.1 Å². The molecular formula is C30H34N2OS2. The van der Waals surface area contributed by atoms with Crippen LogP contribution in [-0.4, -0.2) is 23.5 Å². The fraction of sp³-hybridized carbons (Fsp3) is 0.300. The number of aromatic nitrogens is 1. The second kappa shape index (κ2) is 13.4. The molecule has 0 amide bonds. The maximum absolute atomic E-state index is 6.00. The van der Waals surface area contributed by atoms with Gasteiger partial charge in [0.1, 0.15) is 12.4 Å². The molecule has 0 aliphatic rings. The molecule has 0 atom stereocenters. The highest BCUT2D eigenvalue weighted by atomic mass is 32.2. The van der Waals surface area contributed by atoms with E-state index < -0.39 is 0 Å². The topological polar surface area (TPSA) is 25.4 Å². The molecule has 3 aromatic carbocycles. The monoisotopic (exact) mass is 502 g/mol. The molecule has 0 aliphatic carbocycles. The second-order valence-electron chi connectivity index (χ2n) is 8.65. The first-order valence-electron chi connectivity index (χ1n) is 12.3. The largest absolute Gasteiger partial charge is 0.489 e. The van der Waals surface area contributed by atoms with Crippen LogP contribution in [0.1, 0.15) is 36.5 Å². The number of rotatable bonds is 13. The van der Waals surface area contributed by atoms with Gasteiger partial charge in [-0.2, -0.15) is 11.8 Å². The Morgan fingerprint density at radius 2 is 1.60 bits per heavy atom. The number of ether oxygens (including phenoxy) is 1. The second-order valence-corrected chi connectivity index (χ2v) is 10.5. The molecule has 4 aromatic rings. The zero-order chi connectivity index (χ0) is 24.3. The molecule has 182 valence electrons. The number of benzene rings is 3. The normalized spacial score (nSPS) is 10.9. The van der Waals surface area contributed by atoms with E-state index in [0.717, 1.165) is 54.7 Å². The van der Waals surface area contributed by atoms with E-state index in [9.17, 15) is 0 Å². The fourth-order valence-electron chi connectivity index (χ4n) is 3.96. The predicted molar refractivity (Wildman–Crippen MR) is 153 cm³/mol. The first-order valence-corrected chi connectivity index (χ1v) is 14.6. The van der Waals surface area contributed by atoms with Gasteiger partial charge in [-0.05, 0) is 53.7 Å². The highest BCUT2D eigenvalue weighted by molar-refractivity contribution is 7.98. The smallest absolute Gasteiger partial charge is 0.186 e. The molecule has 35 heavy (non-hydrogen) atoms. The van der Waals surface area contributed by atoms with Gasteiger partial charge >= 0.3 is 0 Å². The minimum atomic E-state index is 0.581. The van der Waals surface area contributed by atoms with Gasteiger partial charge in [0.2, 0.25) is 0 Å². The molecule has 0 saturated carbocycles. The van der Waals surface area contributed by atoms with E-state index in [4.69, 9.17) is 9.72 Å². The van der Waals surface area contributed by atoms with E-state index in [1.807, 2.05) is 17.8 Å². The summed E-state index contributed by atoms with van der Waals surface area (Å²) in [4.78, 5) is 7.39. The molecule has 0 unspecified atom stereocenters. The molecular weight excluding hydrogens is 468 g/mol. The summed E-state index contributed by atoms with van der Waals surface area (Å²) in [5.74, 6) is 2.08. The van der Waals surface area contributed by atoms with Crippen LogP contribution in [0.5, 0.6) is 5.75 Å². The zero-order valence-electron chi connectivity index (χ0n) is 20.7. The van der Waals surface area contributed by atoms with E-state index in [-0.39, 0.29) is 0 Å². The first-order chi connectivity index (χ1) is 17.2. The number of thiazole rings is 1. The molecule has 0 radical (unpaired) electrons.